The number of carbonyl (C=O) groups excluding carboxylic acids is 1. The lowest BCUT2D eigenvalue weighted by atomic mass is 10.0. The van der Waals surface area contributed by atoms with Gasteiger partial charge in [0.1, 0.15) is 6.04 Å². The molecule has 0 unspecified atom stereocenters. The smallest absolute Gasteiger partial charge is 0.305 e. The van der Waals surface area contributed by atoms with Crippen LogP contribution in [0.1, 0.15) is 66.9 Å². The Kier molecular flexibility index (Phi) is 8.73. The minimum absolute atomic E-state index is 0.0850. The molecule has 9 heteroatoms. The lowest BCUT2D eigenvalue weighted by Crippen LogP contribution is -2.40. The van der Waals surface area contributed by atoms with Gasteiger partial charge >= 0.3 is 5.97 Å². The highest BCUT2D eigenvalue weighted by Crippen LogP contribution is 2.35. The van der Waals surface area contributed by atoms with Gasteiger partial charge in [-0.05, 0) is 60.4 Å². The van der Waals surface area contributed by atoms with Gasteiger partial charge in [0.25, 0.3) is 5.56 Å². The molecule has 0 fully saturated rings. The van der Waals surface area contributed by atoms with Crippen molar-refractivity contribution in [1.29, 1.82) is 0 Å². The average molecular weight is 539 g/mol. The van der Waals surface area contributed by atoms with Gasteiger partial charge in [-0.25, -0.2) is 0 Å². The van der Waals surface area contributed by atoms with Crippen molar-refractivity contribution in [1.82, 2.24) is 9.88 Å². The van der Waals surface area contributed by atoms with Gasteiger partial charge in [0.05, 0.1) is 12.5 Å². The van der Waals surface area contributed by atoms with E-state index in [0.717, 1.165) is 24.0 Å². The van der Waals surface area contributed by atoms with Crippen LogP contribution in [0.4, 0.5) is 0 Å². The zero-order chi connectivity index (χ0) is 27.2. The lowest BCUT2D eigenvalue weighted by Gasteiger charge is -2.25. The van der Waals surface area contributed by atoms with E-state index in [1.165, 1.54) is 4.57 Å². The Bertz CT molecular complexity index is 1390. The molecule has 1 amide bonds. The first-order chi connectivity index (χ1) is 18.2. The van der Waals surface area contributed by atoms with E-state index in [4.69, 9.17) is 21.1 Å². The van der Waals surface area contributed by atoms with E-state index in [-0.39, 0.29) is 18.8 Å². The van der Waals surface area contributed by atoms with Crippen molar-refractivity contribution in [2.45, 2.75) is 58.0 Å². The van der Waals surface area contributed by atoms with Crippen molar-refractivity contribution in [3.63, 3.8) is 0 Å². The fourth-order valence-electron chi connectivity index (χ4n) is 4.66. The Morgan fingerprint density at radius 3 is 2.66 bits per heavy atom. The van der Waals surface area contributed by atoms with Gasteiger partial charge in [0.15, 0.2) is 11.5 Å². The summed E-state index contributed by atoms with van der Waals surface area (Å²) in [6.45, 7) is 3.98. The molecule has 3 aromatic rings. The first-order valence-corrected chi connectivity index (χ1v) is 13.0. The second kappa shape index (κ2) is 12.2. The summed E-state index contributed by atoms with van der Waals surface area (Å²) in [5, 5.41) is 13.0. The predicted octanol–water partition coefficient (Wildman–Crippen LogP) is 5.19. The number of nitrogens with one attached hydrogen (secondary N) is 1. The average Bonchev–Trinajstić information content (AvgIpc) is 3.34. The van der Waals surface area contributed by atoms with Gasteiger partial charge in [-0.1, -0.05) is 49.6 Å². The molecule has 0 saturated carbocycles. The number of carboxylic acid groups (broad SMARTS) is 1. The van der Waals surface area contributed by atoms with Crippen LogP contribution in [-0.2, 0) is 16.0 Å². The SMILES string of the molecule is CCCC[C@@H](C(=O)N[C@@H](CC(=O)O)c1ccc2c(c1)OCO2)n1cc(C)cc(Cc2cccc(Cl)c2)c1=O. The number of halogens is 1. The van der Waals surface area contributed by atoms with Gasteiger partial charge in [0, 0.05) is 23.2 Å². The molecule has 4 rings (SSSR count). The van der Waals surface area contributed by atoms with Gasteiger partial charge < -0.3 is 24.5 Å². The maximum atomic E-state index is 13.7. The molecule has 0 radical (unpaired) electrons. The number of pyridine rings is 1. The zero-order valence-electron chi connectivity index (χ0n) is 21.4. The number of fused-ring (bicyclic) bond motifs is 1. The maximum absolute atomic E-state index is 13.7. The van der Waals surface area contributed by atoms with E-state index >= 15 is 0 Å². The molecular weight excluding hydrogens is 508 g/mol. The number of carbonyl (C=O) groups is 2. The predicted molar refractivity (Wildman–Crippen MR) is 144 cm³/mol. The van der Waals surface area contributed by atoms with Crippen LogP contribution >= 0.6 is 11.6 Å². The van der Waals surface area contributed by atoms with Crippen molar-refractivity contribution < 1.29 is 24.2 Å². The molecule has 0 saturated heterocycles. The number of hydrogen-bond donors (Lipinski definition) is 2. The molecule has 0 aliphatic carbocycles. The standard InChI is InChI=1S/C29H31ClN2O6/c1-3-4-8-24(32-16-18(2)11-21(29(32)36)12-19-6-5-7-22(30)13-19)28(35)31-23(15-27(33)34)20-9-10-25-26(14-20)38-17-37-25/h5-7,9-11,13-14,16,23-24H,3-4,8,12,15,17H2,1-2H3,(H,31,35)(H,33,34)/t23-,24-/m0/s1. The molecule has 200 valence electrons. The molecule has 8 nitrogen and oxygen atoms in total. The summed E-state index contributed by atoms with van der Waals surface area (Å²) in [5.74, 6) is -0.415. The number of aliphatic carboxylic acids is 1. The topological polar surface area (TPSA) is 107 Å². The first kappa shape index (κ1) is 27.3. The van der Waals surface area contributed by atoms with E-state index in [2.05, 4.69) is 5.32 Å². The molecule has 2 atom stereocenters. The monoisotopic (exact) mass is 538 g/mol. The normalized spacial score (nSPS) is 13.7. The Morgan fingerprint density at radius 1 is 1.13 bits per heavy atom. The highest BCUT2D eigenvalue weighted by atomic mass is 35.5. The molecular formula is C29H31ClN2O6. The summed E-state index contributed by atoms with van der Waals surface area (Å²) in [6, 6.07) is 12.6. The number of unbranched alkanes of at least 4 members (excludes halogenated alkanes) is 1. The molecule has 1 aromatic heterocycles. The summed E-state index contributed by atoms with van der Waals surface area (Å²) in [4.78, 5) is 39.0. The van der Waals surface area contributed by atoms with Crippen LogP contribution in [0.15, 0.2) is 59.5 Å². The lowest BCUT2D eigenvalue weighted by molar-refractivity contribution is -0.138. The van der Waals surface area contributed by atoms with Crippen molar-refractivity contribution in [3.8, 4) is 11.5 Å². The Hall–Kier alpha value is -3.78. The summed E-state index contributed by atoms with van der Waals surface area (Å²) in [5.41, 5.74) is 2.61. The number of aryl methyl sites for hydroxylation is 1. The van der Waals surface area contributed by atoms with Gasteiger partial charge in [0.2, 0.25) is 12.7 Å². The van der Waals surface area contributed by atoms with E-state index in [9.17, 15) is 19.5 Å². The maximum Gasteiger partial charge on any atom is 0.305 e. The van der Waals surface area contributed by atoms with Crippen molar-refractivity contribution in [2.75, 3.05) is 6.79 Å². The number of ether oxygens (including phenoxy) is 2. The van der Waals surface area contributed by atoms with E-state index < -0.39 is 24.0 Å². The van der Waals surface area contributed by atoms with Crippen LogP contribution in [0, 0.1) is 6.92 Å². The summed E-state index contributed by atoms with van der Waals surface area (Å²) >= 11 is 6.14. The molecule has 1 aliphatic rings. The number of nitrogens with zero attached hydrogens (tertiary/aromatic N) is 1. The fraction of sp³-hybridized carbons (Fsp3) is 0.345. The molecule has 2 heterocycles. The number of carboxylic acids is 1. The van der Waals surface area contributed by atoms with Gasteiger partial charge in [-0.2, -0.15) is 0 Å². The van der Waals surface area contributed by atoms with Crippen molar-refractivity contribution in [3.05, 3.63) is 92.4 Å². The Balaban J connectivity index is 1.66. The van der Waals surface area contributed by atoms with Gasteiger partial charge in [-0.3, -0.25) is 14.4 Å². The largest absolute Gasteiger partial charge is 0.481 e. The highest BCUT2D eigenvalue weighted by Gasteiger charge is 2.27. The Morgan fingerprint density at radius 2 is 1.92 bits per heavy atom. The zero-order valence-corrected chi connectivity index (χ0v) is 22.2. The molecule has 2 N–H and O–H groups in total. The van der Waals surface area contributed by atoms with Crippen LogP contribution in [0.3, 0.4) is 0 Å². The molecule has 2 aromatic carbocycles. The number of benzene rings is 2. The third-order valence-electron chi connectivity index (χ3n) is 6.50. The Labute approximate surface area is 226 Å². The summed E-state index contributed by atoms with van der Waals surface area (Å²) in [7, 11) is 0. The minimum Gasteiger partial charge on any atom is -0.481 e. The number of rotatable bonds is 11. The van der Waals surface area contributed by atoms with E-state index in [0.29, 0.717) is 40.5 Å². The summed E-state index contributed by atoms with van der Waals surface area (Å²) in [6.07, 6.45) is 3.73. The third kappa shape index (κ3) is 6.55. The third-order valence-corrected chi connectivity index (χ3v) is 6.74. The summed E-state index contributed by atoms with van der Waals surface area (Å²) < 4.78 is 12.3. The molecule has 38 heavy (non-hydrogen) atoms. The van der Waals surface area contributed by atoms with Crippen LogP contribution in [-0.4, -0.2) is 28.3 Å². The van der Waals surface area contributed by atoms with Crippen molar-refractivity contribution in [2.24, 2.45) is 0 Å². The van der Waals surface area contributed by atoms with Crippen molar-refractivity contribution >= 4 is 23.5 Å². The quantitative estimate of drug-likeness (QED) is 0.348. The van der Waals surface area contributed by atoms with Crippen LogP contribution in [0.5, 0.6) is 11.5 Å². The van der Waals surface area contributed by atoms with Crippen LogP contribution in [0.2, 0.25) is 5.02 Å². The van der Waals surface area contributed by atoms with Crippen LogP contribution < -0.4 is 20.3 Å². The number of amides is 1. The fourth-order valence-corrected chi connectivity index (χ4v) is 4.87. The molecule has 0 bridgehead atoms. The van der Waals surface area contributed by atoms with Crippen LogP contribution in [0.25, 0.3) is 0 Å². The number of aromatic nitrogens is 1. The first-order valence-electron chi connectivity index (χ1n) is 12.6. The molecule has 0 spiro atoms. The van der Waals surface area contributed by atoms with Gasteiger partial charge in [-0.15, -0.1) is 0 Å². The second-order valence-corrected chi connectivity index (χ2v) is 9.93. The van der Waals surface area contributed by atoms with E-state index in [1.807, 2.05) is 38.1 Å². The second-order valence-electron chi connectivity index (χ2n) is 9.49. The molecule has 1 aliphatic heterocycles. The minimum atomic E-state index is -1.06. The number of hydrogen-bond acceptors (Lipinski definition) is 5. The highest BCUT2D eigenvalue weighted by molar-refractivity contribution is 6.30. The van der Waals surface area contributed by atoms with E-state index in [1.54, 1.807) is 30.5 Å².